The quantitative estimate of drug-likeness (QED) is 0.408. The van der Waals surface area contributed by atoms with Crippen molar-refractivity contribution in [3.8, 4) is 0 Å². The van der Waals surface area contributed by atoms with Crippen molar-refractivity contribution in [2.45, 2.75) is 63.9 Å². The molecule has 0 saturated carbocycles. The Balaban J connectivity index is 2.00. The molecule has 3 N–H and O–H groups in total. The standard InChI is InChI=1S/C22H39N5O2S/c1-5-24-22(25-16-19-10-12-20(13-11-19)30(28,29)23-4)26-17-21(18(2)3)27-14-8-6-7-9-15-27/h10-13,18,21,23H,5-9,14-17H2,1-4H3,(H2,24,25,26). The number of hydrogen-bond donors (Lipinski definition) is 3. The Bertz CT molecular complexity index is 754. The van der Waals surface area contributed by atoms with E-state index in [-0.39, 0.29) is 4.90 Å². The Morgan fingerprint density at radius 2 is 1.70 bits per heavy atom. The predicted molar refractivity (Wildman–Crippen MR) is 124 cm³/mol. The van der Waals surface area contributed by atoms with Crippen LogP contribution in [0.3, 0.4) is 0 Å². The number of benzene rings is 1. The van der Waals surface area contributed by atoms with Crippen molar-refractivity contribution in [2.24, 2.45) is 10.9 Å². The number of nitrogens with one attached hydrogen (secondary N) is 3. The minimum Gasteiger partial charge on any atom is -0.357 e. The van der Waals surface area contributed by atoms with Gasteiger partial charge in [-0.15, -0.1) is 0 Å². The van der Waals surface area contributed by atoms with Crippen LogP contribution in [0.25, 0.3) is 0 Å². The summed E-state index contributed by atoms with van der Waals surface area (Å²) in [7, 11) is -2.00. The molecule has 0 aliphatic carbocycles. The molecule has 1 saturated heterocycles. The summed E-state index contributed by atoms with van der Waals surface area (Å²) in [5, 5.41) is 6.85. The summed E-state index contributed by atoms with van der Waals surface area (Å²) in [5.74, 6) is 1.37. The highest BCUT2D eigenvalue weighted by molar-refractivity contribution is 7.89. The van der Waals surface area contributed by atoms with Gasteiger partial charge in [-0.2, -0.15) is 0 Å². The molecule has 1 fully saturated rings. The van der Waals surface area contributed by atoms with E-state index in [0.29, 0.717) is 18.5 Å². The van der Waals surface area contributed by atoms with Gasteiger partial charge in [0.1, 0.15) is 0 Å². The van der Waals surface area contributed by atoms with Crippen molar-refractivity contribution in [3.63, 3.8) is 0 Å². The van der Waals surface area contributed by atoms with E-state index < -0.39 is 10.0 Å². The van der Waals surface area contributed by atoms with E-state index in [2.05, 4.69) is 41.0 Å². The van der Waals surface area contributed by atoms with Gasteiger partial charge < -0.3 is 10.6 Å². The van der Waals surface area contributed by atoms with Crippen molar-refractivity contribution in [3.05, 3.63) is 29.8 Å². The maximum atomic E-state index is 11.9. The van der Waals surface area contributed by atoms with Gasteiger partial charge in [0.2, 0.25) is 10.0 Å². The van der Waals surface area contributed by atoms with Gasteiger partial charge in [0.05, 0.1) is 11.4 Å². The highest BCUT2D eigenvalue weighted by Crippen LogP contribution is 2.17. The van der Waals surface area contributed by atoms with E-state index in [4.69, 9.17) is 4.99 Å². The first-order valence-electron chi connectivity index (χ1n) is 11.2. The maximum absolute atomic E-state index is 11.9. The third kappa shape index (κ3) is 7.56. The van der Waals surface area contributed by atoms with Crippen molar-refractivity contribution in [1.29, 1.82) is 0 Å². The van der Waals surface area contributed by atoms with Crippen molar-refractivity contribution in [2.75, 3.05) is 33.2 Å². The number of hydrogen-bond acceptors (Lipinski definition) is 4. The zero-order chi connectivity index (χ0) is 22.0. The molecule has 1 aromatic carbocycles. The van der Waals surface area contributed by atoms with Crippen LogP contribution >= 0.6 is 0 Å². The molecular formula is C22H39N5O2S. The highest BCUT2D eigenvalue weighted by Gasteiger charge is 2.22. The van der Waals surface area contributed by atoms with Crippen molar-refractivity contribution in [1.82, 2.24) is 20.3 Å². The van der Waals surface area contributed by atoms with E-state index >= 15 is 0 Å². The summed E-state index contributed by atoms with van der Waals surface area (Å²) >= 11 is 0. The Hall–Kier alpha value is -1.64. The minimum atomic E-state index is -3.41. The van der Waals surface area contributed by atoms with Crippen LogP contribution in [0.5, 0.6) is 0 Å². The zero-order valence-electron chi connectivity index (χ0n) is 18.9. The van der Waals surface area contributed by atoms with Gasteiger partial charge in [-0.25, -0.2) is 18.1 Å². The van der Waals surface area contributed by atoms with Crippen LogP contribution in [0.1, 0.15) is 52.0 Å². The average Bonchev–Trinajstić information content (AvgIpc) is 3.01. The normalized spacial score (nSPS) is 17.6. The van der Waals surface area contributed by atoms with Crippen LogP contribution in [-0.2, 0) is 16.6 Å². The lowest BCUT2D eigenvalue weighted by Crippen LogP contribution is -2.49. The molecular weight excluding hydrogens is 398 g/mol. The summed E-state index contributed by atoms with van der Waals surface area (Å²) < 4.78 is 26.0. The SMILES string of the molecule is CCNC(=NCc1ccc(S(=O)(=O)NC)cc1)NCC(C(C)C)N1CCCCCC1. The lowest BCUT2D eigenvalue weighted by atomic mass is 10.0. The van der Waals surface area contributed by atoms with Gasteiger partial charge in [-0.1, -0.05) is 38.8 Å². The third-order valence-electron chi connectivity index (χ3n) is 5.62. The lowest BCUT2D eigenvalue weighted by molar-refractivity contribution is 0.161. The summed E-state index contributed by atoms with van der Waals surface area (Å²) in [5.41, 5.74) is 0.968. The van der Waals surface area contributed by atoms with Crippen LogP contribution in [0.15, 0.2) is 34.2 Å². The number of likely N-dealkylation sites (tertiary alicyclic amines) is 1. The molecule has 1 aliphatic rings. The Labute approximate surface area is 182 Å². The molecule has 0 radical (unpaired) electrons. The first-order valence-corrected chi connectivity index (χ1v) is 12.6. The van der Waals surface area contributed by atoms with Gasteiger partial charge in [0, 0.05) is 19.1 Å². The number of sulfonamides is 1. The molecule has 1 aliphatic heterocycles. The maximum Gasteiger partial charge on any atom is 0.240 e. The fourth-order valence-corrected chi connectivity index (χ4v) is 4.55. The number of guanidine groups is 1. The molecule has 8 heteroatoms. The summed E-state index contributed by atoms with van der Waals surface area (Å²) in [6.07, 6.45) is 5.26. The number of aliphatic imine (C=N–C) groups is 1. The van der Waals surface area contributed by atoms with Gasteiger partial charge in [0.25, 0.3) is 0 Å². The van der Waals surface area contributed by atoms with Crippen LogP contribution in [-0.4, -0.2) is 58.5 Å². The molecule has 1 unspecified atom stereocenters. The molecule has 0 spiro atoms. The number of rotatable bonds is 9. The molecule has 0 bridgehead atoms. The molecule has 0 amide bonds. The topological polar surface area (TPSA) is 85.8 Å². The van der Waals surface area contributed by atoms with Crippen molar-refractivity contribution >= 4 is 16.0 Å². The Morgan fingerprint density at radius 1 is 1.07 bits per heavy atom. The summed E-state index contributed by atoms with van der Waals surface area (Å²) in [6.45, 7) is 11.2. The first-order chi connectivity index (χ1) is 14.4. The third-order valence-corrected chi connectivity index (χ3v) is 7.05. The molecule has 1 aromatic rings. The van der Waals surface area contributed by atoms with Crippen molar-refractivity contribution < 1.29 is 8.42 Å². The fraction of sp³-hybridized carbons (Fsp3) is 0.682. The molecule has 7 nitrogen and oxygen atoms in total. The van der Waals surface area contributed by atoms with E-state index in [1.54, 1.807) is 12.1 Å². The van der Waals surface area contributed by atoms with E-state index in [1.165, 1.54) is 45.8 Å². The van der Waals surface area contributed by atoms with E-state index in [1.807, 2.05) is 12.1 Å². The Morgan fingerprint density at radius 3 is 2.23 bits per heavy atom. The molecule has 0 aromatic heterocycles. The van der Waals surface area contributed by atoms with Crippen LogP contribution in [0.2, 0.25) is 0 Å². The monoisotopic (exact) mass is 437 g/mol. The van der Waals surface area contributed by atoms with E-state index in [9.17, 15) is 8.42 Å². The second-order valence-corrected chi connectivity index (χ2v) is 10.1. The second-order valence-electron chi connectivity index (χ2n) is 8.19. The van der Waals surface area contributed by atoms with Gasteiger partial charge in [-0.3, -0.25) is 4.90 Å². The van der Waals surface area contributed by atoms with Gasteiger partial charge >= 0.3 is 0 Å². The smallest absolute Gasteiger partial charge is 0.240 e. The van der Waals surface area contributed by atoms with E-state index in [0.717, 1.165) is 24.6 Å². The van der Waals surface area contributed by atoms with Crippen LogP contribution < -0.4 is 15.4 Å². The minimum absolute atomic E-state index is 0.264. The lowest BCUT2D eigenvalue weighted by Gasteiger charge is -2.34. The average molecular weight is 438 g/mol. The fourth-order valence-electron chi connectivity index (χ4n) is 3.82. The summed E-state index contributed by atoms with van der Waals surface area (Å²) in [6, 6.07) is 7.34. The molecule has 1 atom stereocenters. The predicted octanol–water partition coefficient (Wildman–Crippen LogP) is 2.55. The summed E-state index contributed by atoms with van der Waals surface area (Å²) in [4.78, 5) is 7.60. The largest absolute Gasteiger partial charge is 0.357 e. The number of nitrogens with zero attached hydrogens (tertiary/aromatic N) is 2. The zero-order valence-corrected chi connectivity index (χ0v) is 19.8. The highest BCUT2D eigenvalue weighted by atomic mass is 32.2. The second kappa shape index (κ2) is 12.3. The molecule has 170 valence electrons. The van der Waals surface area contributed by atoms with Gasteiger partial charge in [0.15, 0.2) is 5.96 Å². The molecule has 1 heterocycles. The molecule has 30 heavy (non-hydrogen) atoms. The van der Waals surface area contributed by atoms with Crippen LogP contribution in [0, 0.1) is 5.92 Å². The first kappa shape index (κ1) is 24.6. The van der Waals surface area contributed by atoms with Gasteiger partial charge in [-0.05, 0) is 63.5 Å². The Kier molecular flexibility index (Phi) is 10.1. The van der Waals surface area contributed by atoms with Crippen LogP contribution in [0.4, 0.5) is 0 Å². The molecule has 2 rings (SSSR count).